The van der Waals surface area contributed by atoms with Gasteiger partial charge in [0.2, 0.25) is 0 Å². The third-order valence-corrected chi connectivity index (χ3v) is 5.26. The van der Waals surface area contributed by atoms with Crippen molar-refractivity contribution in [3.63, 3.8) is 0 Å². The SMILES string of the molecule is CCc1cc(C(=O)c2c(-c3cn(C)cn3)oc3cc(OC)ccc23)cc(OC)c1OC. The molecule has 0 atom stereocenters. The normalized spacial score (nSPS) is 11.0. The van der Waals surface area contributed by atoms with Gasteiger partial charge in [0, 0.05) is 30.3 Å². The molecule has 160 valence electrons. The first-order chi connectivity index (χ1) is 15.0. The fraction of sp³-hybridized carbons (Fsp3) is 0.250. The standard InChI is InChI=1S/C24H24N2O5/c1-6-14-9-15(10-20(29-4)23(14)30-5)22(27)21-17-8-7-16(28-3)11-19(17)31-24(21)18-12-26(2)13-25-18/h7-13H,6H2,1-5H3. The van der Waals surface area contributed by atoms with Gasteiger partial charge in [-0.15, -0.1) is 0 Å². The second kappa shape index (κ2) is 8.18. The molecule has 0 fully saturated rings. The van der Waals surface area contributed by atoms with Gasteiger partial charge in [0.05, 0.1) is 33.2 Å². The fourth-order valence-electron chi connectivity index (χ4n) is 3.72. The molecule has 0 amide bonds. The van der Waals surface area contributed by atoms with Crippen LogP contribution in [-0.4, -0.2) is 36.7 Å². The minimum absolute atomic E-state index is 0.180. The van der Waals surface area contributed by atoms with Crippen molar-refractivity contribution in [3.05, 3.63) is 59.5 Å². The number of ketones is 1. The van der Waals surface area contributed by atoms with Crippen LogP contribution in [0.1, 0.15) is 28.4 Å². The summed E-state index contributed by atoms with van der Waals surface area (Å²) >= 11 is 0. The van der Waals surface area contributed by atoms with E-state index in [1.165, 1.54) is 0 Å². The number of imidazole rings is 1. The molecule has 0 N–H and O–H groups in total. The van der Waals surface area contributed by atoms with Gasteiger partial charge in [0.25, 0.3) is 0 Å². The molecule has 0 aliphatic carbocycles. The number of methoxy groups -OCH3 is 3. The Bertz CT molecular complexity index is 1240. The van der Waals surface area contributed by atoms with Crippen molar-refractivity contribution >= 4 is 16.8 Å². The quantitative estimate of drug-likeness (QED) is 0.405. The Morgan fingerprint density at radius 2 is 1.90 bits per heavy atom. The molecular weight excluding hydrogens is 396 g/mol. The molecule has 2 heterocycles. The Morgan fingerprint density at radius 3 is 2.52 bits per heavy atom. The zero-order valence-corrected chi connectivity index (χ0v) is 18.2. The number of hydrogen-bond donors (Lipinski definition) is 0. The van der Waals surface area contributed by atoms with Crippen LogP contribution in [0.3, 0.4) is 0 Å². The topological polar surface area (TPSA) is 75.7 Å². The van der Waals surface area contributed by atoms with Crippen molar-refractivity contribution in [1.82, 2.24) is 9.55 Å². The van der Waals surface area contributed by atoms with Crippen LogP contribution < -0.4 is 14.2 Å². The molecule has 7 nitrogen and oxygen atoms in total. The first-order valence-electron chi connectivity index (χ1n) is 9.89. The number of fused-ring (bicyclic) bond motifs is 1. The van der Waals surface area contributed by atoms with E-state index in [-0.39, 0.29) is 5.78 Å². The number of carbonyl (C=O) groups is 1. The first kappa shape index (κ1) is 20.5. The zero-order valence-electron chi connectivity index (χ0n) is 18.2. The maximum atomic E-state index is 13.8. The van der Waals surface area contributed by atoms with Gasteiger partial charge in [-0.1, -0.05) is 6.92 Å². The predicted molar refractivity (Wildman–Crippen MR) is 117 cm³/mol. The Kier molecular flexibility index (Phi) is 5.42. The highest BCUT2D eigenvalue weighted by molar-refractivity contribution is 6.19. The van der Waals surface area contributed by atoms with Crippen LogP contribution in [0.2, 0.25) is 0 Å². The molecule has 0 saturated heterocycles. The maximum absolute atomic E-state index is 13.8. The Balaban J connectivity index is 1.95. The summed E-state index contributed by atoms with van der Waals surface area (Å²) in [5.41, 5.74) is 2.96. The Hall–Kier alpha value is -3.74. The van der Waals surface area contributed by atoms with Gasteiger partial charge in [0.1, 0.15) is 17.0 Å². The predicted octanol–water partition coefficient (Wildman–Crippen LogP) is 4.65. The number of aromatic nitrogens is 2. The van der Waals surface area contributed by atoms with E-state index >= 15 is 0 Å². The third kappa shape index (κ3) is 3.52. The lowest BCUT2D eigenvalue weighted by Crippen LogP contribution is -2.05. The molecule has 2 aromatic heterocycles. The van der Waals surface area contributed by atoms with E-state index in [2.05, 4.69) is 4.98 Å². The highest BCUT2D eigenvalue weighted by Crippen LogP contribution is 2.38. The molecule has 2 aromatic carbocycles. The maximum Gasteiger partial charge on any atom is 0.197 e. The van der Waals surface area contributed by atoms with Gasteiger partial charge in [-0.05, 0) is 36.2 Å². The van der Waals surface area contributed by atoms with E-state index in [1.807, 2.05) is 42.9 Å². The minimum Gasteiger partial charge on any atom is -0.497 e. The van der Waals surface area contributed by atoms with Gasteiger partial charge in [-0.3, -0.25) is 4.79 Å². The number of carbonyl (C=O) groups excluding carboxylic acids is 1. The molecule has 4 rings (SSSR count). The average Bonchev–Trinajstić information content (AvgIpc) is 3.40. The van der Waals surface area contributed by atoms with Crippen LogP contribution in [-0.2, 0) is 13.5 Å². The fourth-order valence-corrected chi connectivity index (χ4v) is 3.72. The van der Waals surface area contributed by atoms with Crippen LogP contribution >= 0.6 is 0 Å². The van der Waals surface area contributed by atoms with Crippen molar-refractivity contribution in [2.24, 2.45) is 7.05 Å². The van der Waals surface area contributed by atoms with Crippen LogP contribution in [0.25, 0.3) is 22.4 Å². The van der Waals surface area contributed by atoms with Gasteiger partial charge in [-0.2, -0.15) is 0 Å². The Morgan fingerprint density at radius 1 is 1.10 bits per heavy atom. The average molecular weight is 420 g/mol. The molecule has 0 spiro atoms. The zero-order chi connectivity index (χ0) is 22.1. The number of furan rings is 1. The molecule has 0 aliphatic rings. The summed E-state index contributed by atoms with van der Waals surface area (Å²) in [6.07, 6.45) is 4.18. The van der Waals surface area contributed by atoms with Crippen molar-refractivity contribution in [2.75, 3.05) is 21.3 Å². The first-order valence-corrected chi connectivity index (χ1v) is 9.89. The second-order valence-corrected chi connectivity index (χ2v) is 7.15. The second-order valence-electron chi connectivity index (χ2n) is 7.15. The molecule has 0 aliphatic heterocycles. The monoisotopic (exact) mass is 420 g/mol. The third-order valence-electron chi connectivity index (χ3n) is 5.26. The van der Waals surface area contributed by atoms with E-state index in [1.54, 1.807) is 39.8 Å². The van der Waals surface area contributed by atoms with E-state index in [0.29, 0.717) is 57.2 Å². The number of ether oxygens (including phenoxy) is 3. The number of rotatable bonds is 7. The highest BCUT2D eigenvalue weighted by Gasteiger charge is 2.26. The summed E-state index contributed by atoms with van der Waals surface area (Å²) in [6.45, 7) is 2.00. The summed E-state index contributed by atoms with van der Waals surface area (Å²) in [4.78, 5) is 18.2. The molecule has 4 aromatic rings. The highest BCUT2D eigenvalue weighted by atomic mass is 16.5. The van der Waals surface area contributed by atoms with Crippen LogP contribution in [0, 0.1) is 0 Å². The molecule has 0 radical (unpaired) electrons. The van der Waals surface area contributed by atoms with E-state index < -0.39 is 0 Å². The molecule has 0 saturated carbocycles. The van der Waals surface area contributed by atoms with Crippen LogP contribution in [0.5, 0.6) is 17.2 Å². The number of nitrogens with zero attached hydrogens (tertiary/aromatic N) is 2. The summed E-state index contributed by atoms with van der Waals surface area (Å²) < 4.78 is 24.2. The van der Waals surface area contributed by atoms with Gasteiger partial charge in [-0.25, -0.2) is 4.98 Å². The number of hydrogen-bond acceptors (Lipinski definition) is 6. The molecule has 0 unspecified atom stereocenters. The minimum atomic E-state index is -0.180. The lowest BCUT2D eigenvalue weighted by Gasteiger charge is -2.14. The molecular formula is C24H24N2O5. The van der Waals surface area contributed by atoms with Crippen molar-refractivity contribution in [2.45, 2.75) is 13.3 Å². The van der Waals surface area contributed by atoms with Crippen LogP contribution in [0.15, 0.2) is 47.3 Å². The molecule has 0 bridgehead atoms. The lowest BCUT2D eigenvalue weighted by molar-refractivity contribution is 0.103. The van der Waals surface area contributed by atoms with Crippen molar-refractivity contribution in [1.29, 1.82) is 0 Å². The Labute approximate surface area is 180 Å². The van der Waals surface area contributed by atoms with Crippen molar-refractivity contribution in [3.8, 4) is 28.7 Å². The van der Waals surface area contributed by atoms with E-state index in [4.69, 9.17) is 18.6 Å². The van der Waals surface area contributed by atoms with Gasteiger partial charge >= 0.3 is 0 Å². The van der Waals surface area contributed by atoms with Crippen LogP contribution in [0.4, 0.5) is 0 Å². The van der Waals surface area contributed by atoms with Gasteiger partial charge in [0.15, 0.2) is 23.0 Å². The lowest BCUT2D eigenvalue weighted by atomic mass is 9.96. The largest absolute Gasteiger partial charge is 0.497 e. The summed E-state index contributed by atoms with van der Waals surface area (Å²) in [6, 6.07) is 8.95. The number of aryl methyl sites for hydroxylation is 2. The van der Waals surface area contributed by atoms with E-state index in [9.17, 15) is 4.79 Å². The smallest absolute Gasteiger partial charge is 0.197 e. The summed E-state index contributed by atoms with van der Waals surface area (Å²) in [5, 5.41) is 0.694. The van der Waals surface area contributed by atoms with Crippen molar-refractivity contribution < 1.29 is 23.4 Å². The summed E-state index contributed by atoms with van der Waals surface area (Å²) in [7, 11) is 6.61. The van der Waals surface area contributed by atoms with E-state index in [0.717, 1.165) is 5.56 Å². The molecule has 7 heteroatoms. The molecule has 31 heavy (non-hydrogen) atoms. The summed E-state index contributed by atoms with van der Waals surface area (Å²) in [5.74, 6) is 2.03. The van der Waals surface area contributed by atoms with Gasteiger partial charge < -0.3 is 23.2 Å². The number of benzene rings is 2.